The van der Waals surface area contributed by atoms with Crippen molar-refractivity contribution in [1.82, 2.24) is 19.9 Å². The summed E-state index contributed by atoms with van der Waals surface area (Å²) in [5, 5.41) is 7.69. The fourth-order valence-corrected chi connectivity index (χ4v) is 4.61. The van der Waals surface area contributed by atoms with Crippen molar-refractivity contribution < 1.29 is 8.42 Å². The molecule has 4 rings (SSSR count). The lowest BCUT2D eigenvalue weighted by Gasteiger charge is -2.16. The first-order valence-electron chi connectivity index (χ1n) is 9.30. The Hall–Kier alpha value is -2.22. The van der Waals surface area contributed by atoms with Gasteiger partial charge in [0.05, 0.1) is 4.90 Å². The second kappa shape index (κ2) is 8.03. The lowest BCUT2D eigenvalue weighted by molar-refractivity contribution is 0.580. The summed E-state index contributed by atoms with van der Waals surface area (Å²) < 4.78 is 27.8. The molecule has 3 aromatic rings. The summed E-state index contributed by atoms with van der Waals surface area (Å²) in [7, 11) is -3.54. The topological polar surface area (TPSA) is 87.7 Å². The van der Waals surface area contributed by atoms with Crippen LogP contribution < -0.4 is 4.72 Å². The Bertz CT molecular complexity index is 1080. The Morgan fingerprint density at radius 3 is 2.57 bits per heavy atom. The molecule has 0 saturated carbocycles. The Kier molecular flexibility index (Phi) is 5.48. The summed E-state index contributed by atoms with van der Waals surface area (Å²) >= 11 is 5.89. The van der Waals surface area contributed by atoms with Crippen LogP contribution in [0.4, 0.5) is 0 Å². The van der Waals surface area contributed by atoms with Crippen molar-refractivity contribution in [2.75, 3.05) is 6.54 Å². The van der Waals surface area contributed by atoms with Crippen LogP contribution in [0.2, 0.25) is 5.02 Å². The number of fused-ring (bicyclic) bond motifs is 1. The minimum absolute atomic E-state index is 0.245. The third kappa shape index (κ3) is 4.27. The first-order valence-corrected chi connectivity index (χ1v) is 11.2. The number of nitrogens with zero attached hydrogens (tertiary/aromatic N) is 2. The summed E-state index contributed by atoms with van der Waals surface area (Å²) in [5.74, 6) is 1.18. The maximum atomic E-state index is 12.6. The Morgan fingerprint density at radius 2 is 1.79 bits per heavy atom. The predicted octanol–water partition coefficient (Wildman–Crippen LogP) is 3.52. The van der Waals surface area contributed by atoms with Crippen molar-refractivity contribution in [3.05, 3.63) is 64.4 Å². The quantitative estimate of drug-likeness (QED) is 0.643. The zero-order chi connectivity index (χ0) is 19.6. The van der Waals surface area contributed by atoms with E-state index in [1.165, 1.54) is 12.0 Å². The zero-order valence-corrected chi connectivity index (χ0v) is 16.9. The largest absolute Gasteiger partial charge is 0.263 e. The van der Waals surface area contributed by atoms with Crippen LogP contribution in [0.15, 0.2) is 47.4 Å². The molecule has 1 heterocycles. The number of rotatable bonds is 6. The van der Waals surface area contributed by atoms with Gasteiger partial charge in [0.1, 0.15) is 5.82 Å². The van der Waals surface area contributed by atoms with E-state index in [9.17, 15) is 8.42 Å². The molecule has 0 radical (unpaired) electrons. The van der Waals surface area contributed by atoms with Gasteiger partial charge in [0, 0.05) is 23.6 Å². The number of aromatic nitrogens is 3. The van der Waals surface area contributed by atoms with E-state index >= 15 is 0 Å². The highest BCUT2D eigenvalue weighted by molar-refractivity contribution is 7.89. The number of sulfonamides is 1. The third-order valence-electron chi connectivity index (χ3n) is 4.92. The van der Waals surface area contributed by atoms with Crippen molar-refractivity contribution in [1.29, 1.82) is 0 Å². The number of halogens is 1. The van der Waals surface area contributed by atoms with Gasteiger partial charge >= 0.3 is 0 Å². The summed E-state index contributed by atoms with van der Waals surface area (Å²) in [4.78, 5) is 4.74. The molecule has 2 aromatic carbocycles. The van der Waals surface area contributed by atoms with E-state index < -0.39 is 10.0 Å². The van der Waals surface area contributed by atoms with Crippen molar-refractivity contribution >= 4 is 21.6 Å². The van der Waals surface area contributed by atoms with E-state index in [1.807, 2.05) is 24.3 Å². The summed E-state index contributed by atoms with van der Waals surface area (Å²) in [5.41, 5.74) is 3.26. The van der Waals surface area contributed by atoms with Crippen LogP contribution in [0.1, 0.15) is 29.8 Å². The standard InChI is InChI=1S/C20H21ClN4O2S/c21-17-8-5-15(6-9-17)20-23-19(24-25-20)11-12-22-28(26,27)18-10-7-14-3-1-2-4-16(14)13-18/h5-10,13,22H,1-4,11-12H2,(H,23,24,25). The molecule has 1 aliphatic carbocycles. The van der Waals surface area contributed by atoms with E-state index in [1.54, 1.807) is 18.2 Å². The molecular formula is C20H21ClN4O2S. The summed E-state index contributed by atoms with van der Waals surface area (Å²) in [6.45, 7) is 0.245. The zero-order valence-electron chi connectivity index (χ0n) is 15.3. The van der Waals surface area contributed by atoms with Gasteiger partial charge in [-0.1, -0.05) is 17.7 Å². The molecule has 28 heavy (non-hydrogen) atoms. The lowest BCUT2D eigenvalue weighted by atomic mass is 9.92. The average Bonchev–Trinajstić information content (AvgIpc) is 3.17. The molecule has 2 N–H and O–H groups in total. The van der Waals surface area contributed by atoms with Crippen molar-refractivity contribution in [2.24, 2.45) is 0 Å². The maximum absolute atomic E-state index is 12.6. The van der Waals surface area contributed by atoms with Crippen LogP contribution >= 0.6 is 11.6 Å². The number of nitrogens with one attached hydrogen (secondary N) is 2. The van der Waals surface area contributed by atoms with Gasteiger partial charge in [-0.2, -0.15) is 5.10 Å². The fraction of sp³-hybridized carbons (Fsp3) is 0.300. The van der Waals surface area contributed by atoms with Gasteiger partial charge in [0.25, 0.3) is 0 Å². The molecular weight excluding hydrogens is 396 g/mol. The van der Waals surface area contributed by atoms with Crippen molar-refractivity contribution in [3.63, 3.8) is 0 Å². The van der Waals surface area contributed by atoms with Crippen LogP contribution in [0.3, 0.4) is 0 Å². The number of hydrogen-bond donors (Lipinski definition) is 2. The van der Waals surface area contributed by atoms with Gasteiger partial charge in [0.2, 0.25) is 10.0 Å². The van der Waals surface area contributed by atoms with E-state index in [2.05, 4.69) is 19.9 Å². The van der Waals surface area contributed by atoms with Gasteiger partial charge in [-0.3, -0.25) is 5.10 Å². The number of aryl methyl sites for hydroxylation is 2. The number of benzene rings is 2. The van der Waals surface area contributed by atoms with E-state index in [0.29, 0.717) is 28.0 Å². The minimum atomic E-state index is -3.54. The van der Waals surface area contributed by atoms with Crippen molar-refractivity contribution in [2.45, 2.75) is 37.0 Å². The predicted molar refractivity (Wildman–Crippen MR) is 109 cm³/mol. The van der Waals surface area contributed by atoms with Gasteiger partial charge in [-0.05, 0) is 73.2 Å². The molecule has 1 aliphatic rings. The SMILES string of the molecule is O=S(=O)(NCCc1nc(-c2ccc(Cl)cc2)n[nH]1)c1ccc2c(c1)CCCC2. The van der Waals surface area contributed by atoms with Gasteiger partial charge in [-0.25, -0.2) is 18.1 Å². The van der Waals surface area contributed by atoms with Crippen LogP contribution in [-0.2, 0) is 29.3 Å². The van der Waals surface area contributed by atoms with E-state index in [4.69, 9.17) is 11.6 Å². The molecule has 146 valence electrons. The Morgan fingerprint density at radius 1 is 1.04 bits per heavy atom. The highest BCUT2D eigenvalue weighted by atomic mass is 35.5. The van der Waals surface area contributed by atoms with Crippen LogP contribution in [0, 0.1) is 0 Å². The second-order valence-corrected chi connectivity index (χ2v) is 9.10. The monoisotopic (exact) mass is 416 g/mol. The fourth-order valence-electron chi connectivity index (χ4n) is 3.40. The van der Waals surface area contributed by atoms with Crippen LogP contribution in [0.5, 0.6) is 0 Å². The lowest BCUT2D eigenvalue weighted by Crippen LogP contribution is -2.26. The molecule has 0 fully saturated rings. The maximum Gasteiger partial charge on any atom is 0.240 e. The second-order valence-electron chi connectivity index (χ2n) is 6.90. The summed E-state index contributed by atoms with van der Waals surface area (Å²) in [6, 6.07) is 12.7. The van der Waals surface area contributed by atoms with Gasteiger partial charge in [0.15, 0.2) is 5.82 Å². The molecule has 0 atom stereocenters. The molecule has 0 amide bonds. The van der Waals surface area contributed by atoms with E-state index in [0.717, 1.165) is 30.4 Å². The number of aromatic amines is 1. The Balaban J connectivity index is 1.39. The molecule has 0 bridgehead atoms. The first-order chi connectivity index (χ1) is 13.5. The number of hydrogen-bond acceptors (Lipinski definition) is 4. The van der Waals surface area contributed by atoms with E-state index in [-0.39, 0.29) is 6.54 Å². The smallest absolute Gasteiger partial charge is 0.240 e. The molecule has 6 nitrogen and oxygen atoms in total. The normalized spacial score (nSPS) is 14.0. The molecule has 8 heteroatoms. The van der Waals surface area contributed by atoms with Gasteiger partial charge < -0.3 is 0 Å². The minimum Gasteiger partial charge on any atom is -0.263 e. The molecule has 0 spiro atoms. The summed E-state index contributed by atoms with van der Waals surface area (Å²) in [6.07, 6.45) is 4.69. The first kappa shape index (κ1) is 19.1. The third-order valence-corrected chi connectivity index (χ3v) is 6.63. The Labute approximate surface area is 169 Å². The van der Waals surface area contributed by atoms with Crippen molar-refractivity contribution in [3.8, 4) is 11.4 Å². The van der Waals surface area contributed by atoms with Crippen LogP contribution in [-0.4, -0.2) is 30.1 Å². The highest BCUT2D eigenvalue weighted by Gasteiger charge is 2.17. The average molecular weight is 417 g/mol. The molecule has 0 unspecified atom stereocenters. The highest BCUT2D eigenvalue weighted by Crippen LogP contribution is 2.24. The molecule has 0 saturated heterocycles. The number of H-pyrrole nitrogens is 1. The molecule has 1 aromatic heterocycles. The van der Waals surface area contributed by atoms with Crippen LogP contribution in [0.25, 0.3) is 11.4 Å². The van der Waals surface area contributed by atoms with Gasteiger partial charge in [-0.15, -0.1) is 0 Å². The molecule has 0 aliphatic heterocycles.